The second kappa shape index (κ2) is 10.5. The van der Waals surface area contributed by atoms with E-state index < -0.39 is 12.1 Å². The molecule has 0 aromatic carbocycles. The Balaban J connectivity index is 0.000000360. The molecule has 0 saturated carbocycles. The van der Waals surface area contributed by atoms with Crippen LogP contribution in [0.3, 0.4) is 0 Å². The molecular weight excluding hydrogens is 447 g/mol. The van der Waals surface area contributed by atoms with Crippen LogP contribution in [0.2, 0.25) is 0 Å². The number of hydrogen-bond acceptors (Lipinski definition) is 8. The second-order valence-electron chi connectivity index (χ2n) is 8.08. The van der Waals surface area contributed by atoms with E-state index in [2.05, 4.69) is 50.1 Å². The molecule has 2 aromatic heterocycles. The van der Waals surface area contributed by atoms with Crippen molar-refractivity contribution >= 4 is 22.4 Å². The summed E-state index contributed by atoms with van der Waals surface area (Å²) in [5.74, 6) is -2.76. The number of aromatic nitrogens is 3. The molecule has 176 valence electrons. The van der Waals surface area contributed by atoms with Crippen molar-refractivity contribution < 1.29 is 27.8 Å². The fourth-order valence-electron chi connectivity index (χ4n) is 4.07. The van der Waals surface area contributed by atoms with Gasteiger partial charge in [0.15, 0.2) is 0 Å². The van der Waals surface area contributed by atoms with E-state index in [1.807, 2.05) is 5.51 Å². The summed E-state index contributed by atoms with van der Waals surface area (Å²) in [6.45, 7) is 8.66. The van der Waals surface area contributed by atoms with E-state index >= 15 is 0 Å². The molecule has 4 rings (SSSR count). The average Bonchev–Trinajstić information content (AvgIpc) is 3.18. The number of hydrogen-bond donors (Lipinski definition) is 1. The number of halogens is 3. The number of carbonyl (C=O) groups is 1. The maximum absolute atomic E-state index is 10.6. The molecule has 1 atom stereocenters. The van der Waals surface area contributed by atoms with Gasteiger partial charge in [-0.15, -0.1) is 10.2 Å². The first-order valence-electron chi connectivity index (χ1n) is 10.2. The number of rotatable bonds is 3. The van der Waals surface area contributed by atoms with Crippen LogP contribution in [0.1, 0.15) is 24.2 Å². The zero-order valence-corrected chi connectivity index (χ0v) is 18.5. The number of likely N-dealkylation sites (tertiary alicyclic amines) is 1. The van der Waals surface area contributed by atoms with Crippen LogP contribution < -0.4 is 4.90 Å². The number of anilines is 1. The molecule has 8 nitrogen and oxygen atoms in total. The third kappa shape index (κ3) is 6.84. The zero-order chi connectivity index (χ0) is 23.2. The van der Waals surface area contributed by atoms with E-state index in [0.717, 1.165) is 62.5 Å². The van der Waals surface area contributed by atoms with Gasteiger partial charge >= 0.3 is 12.1 Å². The molecule has 1 N–H and O–H groups in total. The van der Waals surface area contributed by atoms with Gasteiger partial charge in [0, 0.05) is 37.3 Å². The smallest absolute Gasteiger partial charge is 0.475 e. The fraction of sp³-hybridized carbons (Fsp3) is 0.600. The summed E-state index contributed by atoms with van der Waals surface area (Å²) in [6.07, 6.45) is -2.67. The summed E-state index contributed by atoms with van der Waals surface area (Å²) in [5.41, 5.74) is 4.23. The molecule has 2 aliphatic rings. The van der Waals surface area contributed by atoms with Crippen molar-refractivity contribution in [1.82, 2.24) is 20.1 Å². The van der Waals surface area contributed by atoms with Crippen molar-refractivity contribution in [3.8, 4) is 0 Å². The summed E-state index contributed by atoms with van der Waals surface area (Å²) < 4.78 is 37.7. The lowest BCUT2D eigenvalue weighted by molar-refractivity contribution is -0.192. The quantitative estimate of drug-likeness (QED) is 0.728. The van der Waals surface area contributed by atoms with Crippen molar-refractivity contribution in [3.63, 3.8) is 0 Å². The van der Waals surface area contributed by atoms with Gasteiger partial charge < -0.3 is 14.7 Å². The zero-order valence-electron chi connectivity index (χ0n) is 17.7. The number of aryl methyl sites for hydroxylation is 1. The number of carboxylic acid groups (broad SMARTS) is 1. The molecular formula is C20H26F3N5O3S. The van der Waals surface area contributed by atoms with Crippen LogP contribution in [-0.2, 0) is 16.1 Å². The van der Waals surface area contributed by atoms with Crippen molar-refractivity contribution in [3.05, 3.63) is 35.1 Å². The van der Waals surface area contributed by atoms with E-state index in [1.54, 1.807) is 11.3 Å². The van der Waals surface area contributed by atoms with Crippen LogP contribution in [0.5, 0.6) is 0 Å². The molecule has 12 heteroatoms. The Labute approximate surface area is 188 Å². The predicted molar refractivity (Wildman–Crippen MR) is 113 cm³/mol. The largest absolute Gasteiger partial charge is 0.490 e. The molecule has 0 radical (unpaired) electrons. The third-order valence-corrected chi connectivity index (χ3v) is 6.12. The monoisotopic (exact) mass is 473 g/mol. The van der Waals surface area contributed by atoms with Gasteiger partial charge in [-0.1, -0.05) is 17.4 Å². The Morgan fingerprint density at radius 1 is 1.31 bits per heavy atom. The first-order valence-corrected chi connectivity index (χ1v) is 11.1. The Hall–Kier alpha value is -2.31. The molecule has 4 heterocycles. The van der Waals surface area contributed by atoms with Crippen LogP contribution >= 0.6 is 11.3 Å². The number of aliphatic carboxylic acids is 1. The fourth-order valence-corrected chi connectivity index (χ4v) is 4.66. The highest BCUT2D eigenvalue weighted by molar-refractivity contribution is 7.13. The third-order valence-electron chi connectivity index (χ3n) is 5.37. The highest BCUT2D eigenvalue weighted by Gasteiger charge is 2.40. The molecule has 1 spiro atoms. The lowest BCUT2D eigenvalue weighted by atomic mass is 9.80. The highest BCUT2D eigenvalue weighted by Crippen LogP contribution is 2.35. The molecule has 0 bridgehead atoms. The number of piperidine rings is 1. The van der Waals surface area contributed by atoms with Gasteiger partial charge in [0.2, 0.25) is 5.13 Å². The van der Waals surface area contributed by atoms with E-state index in [0.29, 0.717) is 0 Å². The Morgan fingerprint density at radius 3 is 2.75 bits per heavy atom. The average molecular weight is 474 g/mol. The Bertz CT molecular complexity index is 884. The highest BCUT2D eigenvalue weighted by atomic mass is 32.1. The minimum absolute atomic E-state index is 0.171. The van der Waals surface area contributed by atoms with E-state index in [-0.39, 0.29) is 5.41 Å². The summed E-state index contributed by atoms with van der Waals surface area (Å²) >= 11 is 1.62. The van der Waals surface area contributed by atoms with Crippen LogP contribution in [0.25, 0.3) is 0 Å². The molecule has 2 fully saturated rings. The maximum Gasteiger partial charge on any atom is 0.490 e. The summed E-state index contributed by atoms with van der Waals surface area (Å²) in [6, 6.07) is 6.29. The van der Waals surface area contributed by atoms with Gasteiger partial charge in [0.25, 0.3) is 0 Å². The minimum Gasteiger partial charge on any atom is -0.475 e. The Kier molecular flexibility index (Phi) is 8.01. The van der Waals surface area contributed by atoms with Gasteiger partial charge in [0.05, 0.1) is 18.9 Å². The number of pyridine rings is 1. The lowest BCUT2D eigenvalue weighted by Crippen LogP contribution is -2.50. The number of nitrogens with zero attached hydrogens (tertiary/aromatic N) is 5. The van der Waals surface area contributed by atoms with Gasteiger partial charge in [-0.2, -0.15) is 13.2 Å². The molecule has 0 amide bonds. The van der Waals surface area contributed by atoms with Crippen LogP contribution in [-0.4, -0.2) is 76.7 Å². The Morgan fingerprint density at radius 2 is 2.09 bits per heavy atom. The lowest BCUT2D eigenvalue weighted by Gasteiger charge is -2.43. The molecule has 1 unspecified atom stereocenters. The van der Waals surface area contributed by atoms with Crippen molar-refractivity contribution in [2.45, 2.75) is 32.5 Å². The van der Waals surface area contributed by atoms with Gasteiger partial charge in [-0.05, 0) is 38.4 Å². The van der Waals surface area contributed by atoms with Gasteiger partial charge in [-0.25, -0.2) is 4.79 Å². The number of carboxylic acids is 1. The topological polar surface area (TPSA) is 91.7 Å². The van der Waals surface area contributed by atoms with E-state index in [9.17, 15) is 13.2 Å². The minimum atomic E-state index is -5.08. The molecule has 2 aromatic rings. The summed E-state index contributed by atoms with van der Waals surface area (Å²) in [4.78, 5) is 18.5. The summed E-state index contributed by atoms with van der Waals surface area (Å²) in [5, 5.41) is 16.4. The van der Waals surface area contributed by atoms with Crippen molar-refractivity contribution in [1.29, 1.82) is 0 Å². The summed E-state index contributed by atoms with van der Waals surface area (Å²) in [7, 11) is 0. The second-order valence-corrected chi connectivity index (χ2v) is 8.89. The van der Waals surface area contributed by atoms with E-state index in [4.69, 9.17) is 14.6 Å². The van der Waals surface area contributed by atoms with Gasteiger partial charge in [-0.3, -0.25) is 9.88 Å². The molecule has 2 aliphatic heterocycles. The first-order chi connectivity index (χ1) is 15.2. The van der Waals surface area contributed by atoms with Crippen LogP contribution in [0.15, 0.2) is 23.7 Å². The predicted octanol–water partition coefficient (Wildman–Crippen LogP) is 2.99. The SMILES string of the molecule is Cc1cccc(CN2CCCC3(COCCN(c4nncs4)C3)C2)n1.O=C(O)C(F)(F)F. The standard InChI is InChI=1S/C18H25N5OS.C2HF3O2/c1-15-4-2-5-16(20-15)10-22-7-3-6-18(11-22)12-23(8-9-24-13-18)17-21-19-14-25-17;3-2(4,5)1(6)7/h2,4-5,14H,3,6-13H2,1H3;(H,6,7). The molecule has 2 saturated heterocycles. The maximum atomic E-state index is 10.6. The normalized spacial score (nSPS) is 22.2. The number of alkyl halides is 3. The van der Waals surface area contributed by atoms with Crippen molar-refractivity contribution in [2.75, 3.05) is 44.3 Å². The van der Waals surface area contributed by atoms with E-state index in [1.165, 1.54) is 12.8 Å². The molecule has 0 aliphatic carbocycles. The van der Waals surface area contributed by atoms with Crippen LogP contribution in [0, 0.1) is 12.3 Å². The van der Waals surface area contributed by atoms with Crippen molar-refractivity contribution in [2.24, 2.45) is 5.41 Å². The first kappa shape index (κ1) is 24.3. The molecule has 32 heavy (non-hydrogen) atoms. The van der Waals surface area contributed by atoms with Gasteiger partial charge in [0.1, 0.15) is 5.51 Å². The van der Waals surface area contributed by atoms with Crippen LogP contribution in [0.4, 0.5) is 18.3 Å². The number of ether oxygens (including phenoxy) is 1.